The number of nitrogens with zero attached hydrogens (tertiary/aromatic N) is 2. The molecule has 1 N–H and O–H groups in total. The van der Waals surface area contributed by atoms with E-state index in [0.717, 1.165) is 11.1 Å². The van der Waals surface area contributed by atoms with Gasteiger partial charge in [0, 0.05) is 28.5 Å². The largest absolute Gasteiger partial charge is 0.375 e. The Morgan fingerprint density at radius 2 is 1.97 bits per heavy atom. The number of hydrogen-bond acceptors (Lipinski definition) is 4. The molecule has 1 atom stereocenters. The first-order valence-electron chi connectivity index (χ1n) is 9.22. The average molecular weight is 407 g/mol. The van der Waals surface area contributed by atoms with Gasteiger partial charge in [-0.2, -0.15) is 0 Å². The van der Waals surface area contributed by atoms with Gasteiger partial charge in [0.2, 0.25) is 0 Å². The van der Waals surface area contributed by atoms with E-state index in [2.05, 4.69) is 4.98 Å². The molecule has 6 heteroatoms. The second kappa shape index (κ2) is 7.43. The van der Waals surface area contributed by atoms with Crippen LogP contribution < -0.4 is 4.90 Å². The number of hydrogen-bond donors (Lipinski definition) is 1. The number of aryl methyl sites for hydroxylation is 1. The van der Waals surface area contributed by atoms with Gasteiger partial charge in [-0.15, -0.1) is 0 Å². The van der Waals surface area contributed by atoms with Crippen molar-refractivity contribution in [3.8, 4) is 0 Å². The van der Waals surface area contributed by atoms with Crippen molar-refractivity contribution in [1.29, 1.82) is 0 Å². The Kier molecular flexibility index (Phi) is 4.94. The molecule has 3 aromatic rings. The van der Waals surface area contributed by atoms with E-state index in [9.17, 15) is 14.7 Å². The maximum absolute atomic E-state index is 13.3. The van der Waals surface area contributed by atoms with Crippen molar-refractivity contribution < 1.29 is 14.7 Å². The molecule has 0 fully saturated rings. The highest BCUT2D eigenvalue weighted by Crippen LogP contribution is 2.44. The van der Waals surface area contributed by atoms with Crippen LogP contribution in [0.25, 0.3) is 0 Å². The first-order valence-corrected chi connectivity index (χ1v) is 9.60. The summed E-state index contributed by atoms with van der Waals surface area (Å²) < 4.78 is 0. The number of Topliss-reactive ketones (excluding diaryl/α,β-unsaturated/α-hetero) is 1. The predicted octanol–water partition coefficient (Wildman–Crippen LogP) is 4.05. The average Bonchev–Trinajstić information content (AvgIpc) is 2.92. The molecule has 1 aliphatic heterocycles. The third kappa shape index (κ3) is 3.43. The van der Waals surface area contributed by atoms with E-state index < -0.39 is 11.5 Å². The summed E-state index contributed by atoms with van der Waals surface area (Å²) in [4.78, 5) is 31.6. The summed E-state index contributed by atoms with van der Waals surface area (Å²) in [6, 6.07) is 15.9. The molecule has 0 spiro atoms. The molecule has 0 saturated carbocycles. The number of pyridine rings is 1. The second-order valence-electron chi connectivity index (χ2n) is 7.18. The maximum Gasteiger partial charge on any atom is 0.264 e. The lowest BCUT2D eigenvalue weighted by molar-refractivity contribution is -0.136. The Morgan fingerprint density at radius 1 is 1.17 bits per heavy atom. The van der Waals surface area contributed by atoms with E-state index in [1.807, 2.05) is 31.2 Å². The molecule has 1 unspecified atom stereocenters. The van der Waals surface area contributed by atoms with Gasteiger partial charge in [-0.25, -0.2) is 0 Å². The van der Waals surface area contributed by atoms with E-state index in [-0.39, 0.29) is 12.2 Å². The highest BCUT2D eigenvalue weighted by atomic mass is 35.5. The summed E-state index contributed by atoms with van der Waals surface area (Å²) in [6.07, 6.45) is 2.61. The number of carbonyl (C=O) groups excluding carboxylic acids is 2. The van der Waals surface area contributed by atoms with Gasteiger partial charge in [0.1, 0.15) is 0 Å². The van der Waals surface area contributed by atoms with Crippen molar-refractivity contribution in [3.63, 3.8) is 0 Å². The number of carbonyl (C=O) groups is 2. The zero-order valence-corrected chi connectivity index (χ0v) is 16.6. The van der Waals surface area contributed by atoms with E-state index in [1.54, 1.807) is 36.5 Å². The van der Waals surface area contributed by atoms with Crippen LogP contribution in [0.3, 0.4) is 0 Å². The SMILES string of the molecule is Cc1ccccc1CN1C(=O)C(O)(CC(=O)c2cccnc2)c2cc(Cl)ccc21. The summed E-state index contributed by atoms with van der Waals surface area (Å²) in [7, 11) is 0. The van der Waals surface area contributed by atoms with Crippen LogP contribution >= 0.6 is 11.6 Å². The quantitative estimate of drug-likeness (QED) is 0.649. The topological polar surface area (TPSA) is 70.5 Å². The van der Waals surface area contributed by atoms with Gasteiger partial charge in [-0.1, -0.05) is 35.9 Å². The summed E-state index contributed by atoms with van der Waals surface area (Å²) in [5, 5.41) is 11.8. The van der Waals surface area contributed by atoms with Crippen LogP contribution in [-0.2, 0) is 16.9 Å². The Balaban J connectivity index is 1.73. The molecule has 2 aromatic carbocycles. The van der Waals surface area contributed by atoms with Gasteiger partial charge in [0.05, 0.1) is 18.7 Å². The molecular formula is C23H19ClN2O3. The second-order valence-corrected chi connectivity index (χ2v) is 7.62. The van der Waals surface area contributed by atoms with Crippen molar-refractivity contribution in [2.75, 3.05) is 4.90 Å². The normalized spacial score (nSPS) is 18.0. The number of benzene rings is 2. The molecule has 1 aliphatic rings. The number of amides is 1. The van der Waals surface area contributed by atoms with Gasteiger partial charge < -0.3 is 10.0 Å². The van der Waals surface area contributed by atoms with Crippen molar-refractivity contribution in [3.05, 3.63) is 94.3 Å². The van der Waals surface area contributed by atoms with Crippen molar-refractivity contribution >= 4 is 29.0 Å². The number of halogens is 1. The molecule has 1 aromatic heterocycles. The van der Waals surface area contributed by atoms with E-state index in [0.29, 0.717) is 28.4 Å². The predicted molar refractivity (Wildman–Crippen MR) is 111 cm³/mol. The number of aliphatic hydroxyl groups is 1. The minimum Gasteiger partial charge on any atom is -0.375 e. The van der Waals surface area contributed by atoms with E-state index >= 15 is 0 Å². The number of ketones is 1. The highest BCUT2D eigenvalue weighted by molar-refractivity contribution is 6.31. The lowest BCUT2D eigenvalue weighted by atomic mass is 9.88. The van der Waals surface area contributed by atoms with Gasteiger partial charge >= 0.3 is 0 Å². The monoisotopic (exact) mass is 406 g/mol. The van der Waals surface area contributed by atoms with Crippen LogP contribution in [0.15, 0.2) is 67.0 Å². The fourth-order valence-corrected chi connectivity index (χ4v) is 3.84. The molecular weight excluding hydrogens is 388 g/mol. The molecule has 5 nitrogen and oxygen atoms in total. The minimum atomic E-state index is -1.98. The van der Waals surface area contributed by atoms with Crippen molar-refractivity contribution in [2.24, 2.45) is 0 Å². The molecule has 0 aliphatic carbocycles. The fraction of sp³-hybridized carbons (Fsp3) is 0.174. The Labute approximate surface area is 173 Å². The van der Waals surface area contributed by atoms with Crippen molar-refractivity contribution in [1.82, 2.24) is 4.98 Å². The molecule has 1 amide bonds. The highest BCUT2D eigenvalue weighted by Gasteiger charge is 2.51. The smallest absolute Gasteiger partial charge is 0.264 e. The Hall–Kier alpha value is -3.02. The number of fused-ring (bicyclic) bond motifs is 1. The summed E-state index contributed by atoms with van der Waals surface area (Å²) >= 11 is 6.15. The molecule has 0 bridgehead atoms. The first-order chi connectivity index (χ1) is 13.9. The maximum atomic E-state index is 13.3. The van der Waals surface area contributed by atoms with Gasteiger partial charge in [-0.05, 0) is 48.4 Å². The Morgan fingerprint density at radius 3 is 2.69 bits per heavy atom. The number of anilines is 1. The van der Waals surface area contributed by atoms with Crippen LogP contribution in [0.2, 0.25) is 5.02 Å². The van der Waals surface area contributed by atoms with E-state index in [1.165, 1.54) is 11.1 Å². The van der Waals surface area contributed by atoms with Crippen LogP contribution in [0.1, 0.15) is 33.5 Å². The zero-order valence-electron chi connectivity index (χ0n) is 15.8. The van der Waals surface area contributed by atoms with Crippen LogP contribution in [-0.4, -0.2) is 21.8 Å². The van der Waals surface area contributed by atoms with Crippen LogP contribution in [0, 0.1) is 6.92 Å². The standard InChI is InChI=1S/C23H19ClN2O3/c1-15-5-2-3-6-17(15)14-26-20-9-8-18(24)11-19(20)23(29,22(26)28)12-21(27)16-7-4-10-25-13-16/h2-11,13,29H,12,14H2,1H3. The number of rotatable bonds is 5. The molecule has 0 radical (unpaired) electrons. The van der Waals surface area contributed by atoms with Gasteiger partial charge in [-0.3, -0.25) is 14.6 Å². The minimum absolute atomic E-state index is 0.295. The summed E-state index contributed by atoms with van der Waals surface area (Å²) in [5.41, 5.74) is 1.28. The Bertz CT molecular complexity index is 1100. The third-order valence-corrected chi connectivity index (χ3v) is 5.52. The molecule has 29 heavy (non-hydrogen) atoms. The molecule has 4 rings (SSSR count). The van der Waals surface area contributed by atoms with Crippen LogP contribution in [0.4, 0.5) is 5.69 Å². The van der Waals surface area contributed by atoms with Gasteiger partial charge in [0.25, 0.3) is 5.91 Å². The lowest BCUT2D eigenvalue weighted by Crippen LogP contribution is -2.41. The summed E-state index contributed by atoms with van der Waals surface area (Å²) in [6.45, 7) is 2.26. The first kappa shape index (κ1) is 19.3. The van der Waals surface area contributed by atoms with Gasteiger partial charge in [0.15, 0.2) is 11.4 Å². The third-order valence-electron chi connectivity index (χ3n) is 5.28. The van der Waals surface area contributed by atoms with Crippen molar-refractivity contribution in [2.45, 2.75) is 25.5 Å². The molecule has 0 saturated heterocycles. The van der Waals surface area contributed by atoms with Crippen LogP contribution in [0.5, 0.6) is 0 Å². The fourth-order valence-electron chi connectivity index (χ4n) is 3.67. The number of aromatic nitrogens is 1. The lowest BCUT2D eigenvalue weighted by Gasteiger charge is -2.23. The molecule has 2 heterocycles. The molecule has 146 valence electrons. The van der Waals surface area contributed by atoms with E-state index in [4.69, 9.17) is 11.6 Å². The summed E-state index contributed by atoms with van der Waals surface area (Å²) in [5.74, 6) is -0.895. The zero-order chi connectivity index (χ0) is 20.6.